The lowest BCUT2D eigenvalue weighted by Crippen LogP contribution is -2.44. The van der Waals surface area contributed by atoms with Crippen molar-refractivity contribution in [2.24, 2.45) is 5.92 Å². The van der Waals surface area contributed by atoms with Gasteiger partial charge in [0.25, 0.3) is 5.37 Å². The quantitative estimate of drug-likeness (QED) is 0.156. The minimum atomic E-state index is -2.12. The van der Waals surface area contributed by atoms with Crippen molar-refractivity contribution in [2.45, 2.75) is 62.2 Å². The van der Waals surface area contributed by atoms with Crippen LogP contribution in [0, 0.1) is 16.0 Å². The van der Waals surface area contributed by atoms with Crippen LogP contribution in [0.25, 0.3) is 0 Å². The SMILES string of the molecule is C[C@@H](C(Sc1ccccc1)[N+](=O)[O-])[C@@H](O[Si](C)(C)C(C)(C)C)c1ccccc1. The summed E-state index contributed by atoms with van der Waals surface area (Å²) in [6, 6.07) is 19.5. The Morgan fingerprint density at radius 1 is 1.00 bits per heavy atom. The van der Waals surface area contributed by atoms with E-state index in [9.17, 15) is 10.1 Å². The number of nitrogens with zero attached hydrogens (tertiary/aromatic N) is 1. The number of benzene rings is 2. The number of rotatable bonds is 8. The molecule has 0 spiro atoms. The van der Waals surface area contributed by atoms with Gasteiger partial charge >= 0.3 is 0 Å². The van der Waals surface area contributed by atoms with Gasteiger partial charge < -0.3 is 4.43 Å². The van der Waals surface area contributed by atoms with E-state index in [2.05, 4.69) is 33.9 Å². The average molecular weight is 418 g/mol. The average Bonchev–Trinajstić information content (AvgIpc) is 2.64. The van der Waals surface area contributed by atoms with E-state index in [1.165, 1.54) is 11.8 Å². The van der Waals surface area contributed by atoms with Crippen LogP contribution >= 0.6 is 11.8 Å². The van der Waals surface area contributed by atoms with Crippen molar-refractivity contribution in [3.8, 4) is 0 Å². The summed E-state index contributed by atoms with van der Waals surface area (Å²) >= 11 is 1.30. The first-order valence-electron chi connectivity index (χ1n) is 9.61. The van der Waals surface area contributed by atoms with Crippen LogP contribution in [0.15, 0.2) is 65.6 Å². The van der Waals surface area contributed by atoms with Crippen LogP contribution in [0.2, 0.25) is 18.1 Å². The van der Waals surface area contributed by atoms with Crippen LogP contribution in [-0.2, 0) is 4.43 Å². The van der Waals surface area contributed by atoms with Gasteiger partial charge in [0.05, 0.1) is 12.0 Å². The molecule has 28 heavy (non-hydrogen) atoms. The predicted octanol–water partition coefficient (Wildman–Crippen LogP) is 6.78. The molecule has 0 amide bonds. The Morgan fingerprint density at radius 3 is 1.96 bits per heavy atom. The van der Waals surface area contributed by atoms with Gasteiger partial charge in [-0.3, -0.25) is 10.1 Å². The summed E-state index contributed by atoms with van der Waals surface area (Å²) in [5, 5.41) is 11.2. The molecular weight excluding hydrogens is 386 g/mol. The lowest BCUT2D eigenvalue weighted by Gasteiger charge is -2.41. The molecule has 2 rings (SSSR count). The standard InChI is InChI=1S/C22H31NO3SSi/c1-17(21(23(24)25)27-19-15-11-8-12-16-19)20(18-13-9-7-10-14-18)26-28(5,6)22(2,3)4/h7-17,20-21H,1-6H3/t17-,20-,21?/m1/s1. The van der Waals surface area contributed by atoms with Crippen molar-refractivity contribution in [1.82, 2.24) is 0 Å². The highest BCUT2D eigenvalue weighted by Crippen LogP contribution is 2.44. The second kappa shape index (κ2) is 9.24. The molecule has 0 aliphatic carbocycles. The Morgan fingerprint density at radius 2 is 1.50 bits per heavy atom. The third-order valence-electron chi connectivity index (χ3n) is 5.49. The zero-order chi connectivity index (χ0) is 20.9. The fourth-order valence-electron chi connectivity index (χ4n) is 2.75. The van der Waals surface area contributed by atoms with Crippen LogP contribution in [0.1, 0.15) is 39.4 Å². The van der Waals surface area contributed by atoms with Crippen molar-refractivity contribution in [1.29, 1.82) is 0 Å². The molecule has 0 aromatic heterocycles. The minimum Gasteiger partial charge on any atom is -0.409 e. The molecule has 4 nitrogen and oxygen atoms in total. The highest BCUT2D eigenvalue weighted by atomic mass is 32.2. The van der Waals surface area contributed by atoms with E-state index in [0.717, 1.165) is 10.5 Å². The molecular formula is C22H31NO3SSi. The first-order chi connectivity index (χ1) is 13.0. The summed E-state index contributed by atoms with van der Waals surface area (Å²) in [5.74, 6) is -0.295. The van der Waals surface area contributed by atoms with Crippen LogP contribution in [0.3, 0.4) is 0 Å². The van der Waals surface area contributed by atoms with E-state index < -0.39 is 13.7 Å². The van der Waals surface area contributed by atoms with Crippen LogP contribution < -0.4 is 0 Å². The summed E-state index contributed by atoms with van der Waals surface area (Å²) in [7, 11) is -2.12. The molecule has 0 bridgehead atoms. The van der Waals surface area contributed by atoms with E-state index >= 15 is 0 Å². The minimum absolute atomic E-state index is 0.0242. The summed E-state index contributed by atoms with van der Waals surface area (Å²) in [5.41, 5.74) is 1.00. The van der Waals surface area contributed by atoms with E-state index in [0.29, 0.717) is 0 Å². The molecule has 0 saturated carbocycles. The molecule has 6 heteroatoms. The third kappa shape index (κ3) is 5.69. The molecule has 0 fully saturated rings. The van der Waals surface area contributed by atoms with E-state index in [1.807, 2.05) is 67.6 Å². The Kier molecular flexibility index (Phi) is 7.48. The van der Waals surface area contributed by atoms with Gasteiger partial charge in [-0.1, -0.05) is 76.2 Å². The summed E-state index contributed by atoms with van der Waals surface area (Å²) < 4.78 is 6.74. The Hall–Kier alpha value is -1.63. The number of hydrogen-bond donors (Lipinski definition) is 0. The van der Waals surface area contributed by atoms with Gasteiger partial charge in [0.2, 0.25) is 0 Å². The first kappa shape index (κ1) is 22.7. The van der Waals surface area contributed by atoms with Crippen LogP contribution in [-0.4, -0.2) is 18.6 Å². The fourth-order valence-corrected chi connectivity index (χ4v) is 5.12. The summed E-state index contributed by atoms with van der Waals surface area (Å²) in [6.07, 6.45) is -0.325. The highest BCUT2D eigenvalue weighted by Gasteiger charge is 2.44. The molecule has 0 saturated heterocycles. The van der Waals surface area contributed by atoms with E-state index in [4.69, 9.17) is 4.43 Å². The zero-order valence-electron chi connectivity index (χ0n) is 17.6. The van der Waals surface area contributed by atoms with Crippen molar-refractivity contribution < 1.29 is 9.35 Å². The Labute approximate surface area is 174 Å². The second-order valence-corrected chi connectivity index (χ2v) is 14.6. The highest BCUT2D eigenvalue weighted by molar-refractivity contribution is 7.99. The van der Waals surface area contributed by atoms with Crippen molar-refractivity contribution >= 4 is 20.1 Å². The predicted molar refractivity (Wildman–Crippen MR) is 120 cm³/mol. The molecule has 152 valence electrons. The molecule has 0 aliphatic rings. The van der Waals surface area contributed by atoms with Gasteiger partial charge in [0.15, 0.2) is 8.32 Å². The lowest BCUT2D eigenvalue weighted by molar-refractivity contribution is -0.505. The van der Waals surface area contributed by atoms with Crippen molar-refractivity contribution in [3.05, 3.63) is 76.3 Å². The second-order valence-electron chi connectivity index (χ2n) is 8.68. The van der Waals surface area contributed by atoms with Crippen molar-refractivity contribution in [2.75, 3.05) is 0 Å². The molecule has 3 atom stereocenters. The summed E-state index contributed by atoms with van der Waals surface area (Å²) in [6.45, 7) is 12.9. The number of thioether (sulfide) groups is 1. The molecule has 2 aromatic carbocycles. The van der Waals surface area contributed by atoms with Gasteiger partial charge in [0, 0.05) is 9.82 Å². The molecule has 0 aliphatic heterocycles. The fraction of sp³-hybridized carbons (Fsp3) is 0.455. The maximum Gasteiger partial charge on any atom is 0.267 e. The maximum absolute atomic E-state index is 12.0. The Balaban J connectivity index is 2.38. The van der Waals surface area contributed by atoms with Crippen LogP contribution in [0.4, 0.5) is 0 Å². The Bertz CT molecular complexity index is 762. The molecule has 1 unspecified atom stereocenters. The monoisotopic (exact) mass is 417 g/mol. The summed E-state index contributed by atoms with van der Waals surface area (Å²) in [4.78, 5) is 12.7. The molecule has 0 heterocycles. The molecule has 0 radical (unpaired) electrons. The largest absolute Gasteiger partial charge is 0.409 e. The van der Waals surface area contributed by atoms with Gasteiger partial charge in [0.1, 0.15) is 0 Å². The zero-order valence-corrected chi connectivity index (χ0v) is 19.4. The maximum atomic E-state index is 12.0. The van der Waals surface area contributed by atoms with Gasteiger partial charge in [-0.15, -0.1) is 0 Å². The molecule has 0 N–H and O–H groups in total. The lowest BCUT2D eigenvalue weighted by atomic mass is 9.97. The van der Waals surface area contributed by atoms with Crippen LogP contribution in [0.5, 0.6) is 0 Å². The van der Waals surface area contributed by atoms with Crippen molar-refractivity contribution in [3.63, 3.8) is 0 Å². The topological polar surface area (TPSA) is 52.4 Å². The van der Waals surface area contributed by atoms with E-state index in [1.54, 1.807) is 0 Å². The number of hydrogen-bond acceptors (Lipinski definition) is 4. The van der Waals surface area contributed by atoms with Gasteiger partial charge in [-0.05, 0) is 47.6 Å². The number of nitro groups is 1. The first-order valence-corrected chi connectivity index (χ1v) is 13.4. The molecule has 2 aromatic rings. The third-order valence-corrected chi connectivity index (χ3v) is 11.3. The van der Waals surface area contributed by atoms with E-state index in [-0.39, 0.29) is 22.0 Å². The smallest absolute Gasteiger partial charge is 0.267 e. The normalized spacial score (nSPS) is 15.6. The van der Waals surface area contributed by atoms with Gasteiger partial charge in [-0.2, -0.15) is 0 Å². The van der Waals surface area contributed by atoms with Gasteiger partial charge in [-0.25, -0.2) is 0 Å².